The molecule has 4 N–H and O–H groups in total. The van der Waals surface area contributed by atoms with Crippen molar-refractivity contribution in [2.75, 3.05) is 11.9 Å². The van der Waals surface area contributed by atoms with Gasteiger partial charge in [0.2, 0.25) is 5.91 Å². The largest absolute Gasteiger partial charge is 0.439 e. The van der Waals surface area contributed by atoms with Gasteiger partial charge >= 0.3 is 6.09 Å². The van der Waals surface area contributed by atoms with Gasteiger partial charge in [-0.3, -0.25) is 14.9 Å². The summed E-state index contributed by atoms with van der Waals surface area (Å²) in [5.74, 6) is -1.11. The maximum Gasteiger partial charge on any atom is 0.412 e. The number of nitrogens with zero attached hydrogens (tertiary/aromatic N) is 6. The molecule has 14 heteroatoms. The standard InChI is InChI=1S/C31H26ClN9O4/c32-24-9-12-28(41-19-35-39-40-41)22(15-24)8-13-30(43)37-26(14-20-4-2-1-3-5-20)27-16-23(17-34-38-27)21-6-10-25(11-7-21)36-31(44)45-18-29(33)42/h1-13,15-17,19,26H,14,18H2,(H2,33,42)(H,36,44)(H,37,43)/b13-8+/t26-/m0/s1. The van der Waals surface area contributed by atoms with E-state index in [4.69, 9.17) is 22.1 Å². The lowest BCUT2D eigenvalue weighted by atomic mass is 10.00. The molecule has 5 rings (SSSR count). The van der Waals surface area contributed by atoms with Crippen LogP contribution in [-0.2, 0) is 20.7 Å². The van der Waals surface area contributed by atoms with Crippen LogP contribution in [0.25, 0.3) is 22.9 Å². The molecule has 2 heterocycles. The van der Waals surface area contributed by atoms with Gasteiger partial charge in [0.05, 0.1) is 23.6 Å². The summed E-state index contributed by atoms with van der Waals surface area (Å²) in [6.45, 7) is -0.520. The Morgan fingerprint density at radius 1 is 0.978 bits per heavy atom. The maximum atomic E-state index is 13.2. The molecule has 2 aromatic heterocycles. The highest BCUT2D eigenvalue weighted by Crippen LogP contribution is 2.25. The second-order valence-corrected chi connectivity index (χ2v) is 10.1. The van der Waals surface area contributed by atoms with Gasteiger partial charge in [-0.25, -0.2) is 4.79 Å². The van der Waals surface area contributed by atoms with E-state index >= 15 is 0 Å². The van der Waals surface area contributed by atoms with Crippen molar-refractivity contribution in [1.29, 1.82) is 0 Å². The lowest BCUT2D eigenvalue weighted by Crippen LogP contribution is -2.29. The quantitative estimate of drug-likeness (QED) is 0.184. The maximum absolute atomic E-state index is 13.2. The van der Waals surface area contributed by atoms with Gasteiger partial charge in [-0.2, -0.15) is 14.9 Å². The molecule has 13 nitrogen and oxygen atoms in total. The van der Waals surface area contributed by atoms with Gasteiger partial charge in [0.15, 0.2) is 6.61 Å². The minimum Gasteiger partial charge on any atom is -0.439 e. The van der Waals surface area contributed by atoms with Crippen LogP contribution in [0.1, 0.15) is 22.9 Å². The zero-order chi connectivity index (χ0) is 31.6. The molecule has 0 unspecified atom stereocenters. The van der Waals surface area contributed by atoms with Crippen molar-refractivity contribution in [1.82, 2.24) is 35.7 Å². The van der Waals surface area contributed by atoms with Gasteiger partial charge in [0, 0.05) is 27.9 Å². The second kappa shape index (κ2) is 14.5. The number of hydrogen-bond donors (Lipinski definition) is 3. The average Bonchev–Trinajstić information content (AvgIpc) is 3.58. The van der Waals surface area contributed by atoms with E-state index in [1.54, 1.807) is 54.7 Å². The number of hydrogen-bond acceptors (Lipinski definition) is 9. The van der Waals surface area contributed by atoms with Crippen LogP contribution in [-0.4, -0.2) is 54.9 Å². The molecule has 0 fully saturated rings. The summed E-state index contributed by atoms with van der Waals surface area (Å²) in [6.07, 6.45) is 5.77. The van der Waals surface area contributed by atoms with E-state index in [1.807, 2.05) is 36.4 Å². The van der Waals surface area contributed by atoms with E-state index in [0.29, 0.717) is 34.1 Å². The van der Waals surface area contributed by atoms with Crippen molar-refractivity contribution >= 4 is 41.3 Å². The molecule has 0 radical (unpaired) electrons. The van der Waals surface area contributed by atoms with E-state index in [1.165, 1.54) is 17.1 Å². The van der Waals surface area contributed by atoms with E-state index in [-0.39, 0.29) is 5.91 Å². The highest BCUT2D eigenvalue weighted by molar-refractivity contribution is 6.30. The van der Waals surface area contributed by atoms with Gasteiger partial charge in [0.1, 0.15) is 6.33 Å². The normalized spacial score (nSPS) is 11.6. The number of benzene rings is 3. The Kier molecular flexibility index (Phi) is 9.82. The number of nitrogens with two attached hydrogens (primary N) is 1. The molecule has 3 aromatic carbocycles. The predicted molar refractivity (Wildman–Crippen MR) is 166 cm³/mol. The minimum absolute atomic E-state index is 0.357. The lowest BCUT2D eigenvalue weighted by Gasteiger charge is -2.18. The zero-order valence-electron chi connectivity index (χ0n) is 23.6. The monoisotopic (exact) mass is 623 g/mol. The molecule has 0 bridgehead atoms. The summed E-state index contributed by atoms with van der Waals surface area (Å²) in [5, 5.41) is 25.9. The first-order valence-electron chi connectivity index (χ1n) is 13.5. The van der Waals surface area contributed by atoms with Crippen LogP contribution in [0.2, 0.25) is 5.02 Å². The zero-order valence-corrected chi connectivity index (χ0v) is 24.3. The fourth-order valence-corrected chi connectivity index (χ4v) is 4.53. The fourth-order valence-electron chi connectivity index (χ4n) is 4.35. The smallest absolute Gasteiger partial charge is 0.412 e. The van der Waals surface area contributed by atoms with Crippen molar-refractivity contribution < 1.29 is 19.1 Å². The molecular formula is C31H26ClN9O4. The molecule has 5 aromatic rings. The van der Waals surface area contributed by atoms with Crippen LogP contribution in [0.4, 0.5) is 10.5 Å². The second-order valence-electron chi connectivity index (χ2n) is 9.66. The van der Waals surface area contributed by atoms with Crippen LogP contribution in [0.3, 0.4) is 0 Å². The molecule has 0 aliphatic carbocycles. The molecule has 45 heavy (non-hydrogen) atoms. The molecular weight excluding hydrogens is 598 g/mol. The summed E-state index contributed by atoms with van der Waals surface area (Å²) in [5.41, 5.74) is 9.83. The molecule has 1 atom stereocenters. The molecule has 0 saturated heterocycles. The third-order valence-corrected chi connectivity index (χ3v) is 6.67. The van der Waals surface area contributed by atoms with E-state index in [9.17, 15) is 14.4 Å². The first-order chi connectivity index (χ1) is 21.8. The third-order valence-electron chi connectivity index (χ3n) is 6.44. The molecule has 3 amide bonds. The number of anilines is 1. The Bertz CT molecular complexity index is 1820. The summed E-state index contributed by atoms with van der Waals surface area (Å²) < 4.78 is 6.20. The van der Waals surface area contributed by atoms with Crippen LogP contribution >= 0.6 is 11.6 Å². The molecule has 0 spiro atoms. The molecule has 226 valence electrons. The Labute approximate surface area is 262 Å². The summed E-state index contributed by atoms with van der Waals surface area (Å²) >= 11 is 6.22. The minimum atomic E-state index is -0.801. The Morgan fingerprint density at radius 3 is 2.51 bits per heavy atom. The van der Waals surface area contributed by atoms with Crippen LogP contribution < -0.4 is 16.4 Å². The number of ether oxygens (including phenoxy) is 1. The fraction of sp³-hybridized carbons (Fsp3) is 0.0968. The van der Waals surface area contributed by atoms with Crippen molar-refractivity contribution in [2.24, 2.45) is 5.73 Å². The average molecular weight is 624 g/mol. The SMILES string of the molecule is NC(=O)COC(=O)Nc1ccc(-c2cnnc([C@H](Cc3ccccc3)NC(=O)/C=C/c3cc(Cl)ccc3-n3cnnn3)c2)cc1. The number of nitrogens with one attached hydrogen (secondary N) is 2. The first kappa shape index (κ1) is 30.5. The Morgan fingerprint density at radius 2 is 1.78 bits per heavy atom. The number of primary amides is 1. The summed E-state index contributed by atoms with van der Waals surface area (Å²) in [7, 11) is 0. The van der Waals surface area contributed by atoms with Crippen LogP contribution in [0.5, 0.6) is 0 Å². The van der Waals surface area contributed by atoms with Crippen molar-refractivity contribution in [3.63, 3.8) is 0 Å². The Balaban J connectivity index is 1.35. The number of amides is 3. The summed E-state index contributed by atoms with van der Waals surface area (Å²) in [4.78, 5) is 35.9. The third kappa shape index (κ3) is 8.55. The first-order valence-corrected chi connectivity index (χ1v) is 13.9. The number of carbonyl (C=O) groups excluding carboxylic acids is 3. The van der Waals surface area contributed by atoms with E-state index in [2.05, 4.69) is 36.4 Å². The van der Waals surface area contributed by atoms with Gasteiger partial charge in [-0.15, -0.1) is 5.10 Å². The predicted octanol–water partition coefficient (Wildman–Crippen LogP) is 3.92. The molecule has 0 aliphatic heterocycles. The van der Waals surface area contributed by atoms with Crippen LogP contribution in [0, 0.1) is 0 Å². The van der Waals surface area contributed by atoms with E-state index < -0.39 is 24.6 Å². The number of rotatable bonds is 11. The van der Waals surface area contributed by atoms with Crippen molar-refractivity contribution in [3.8, 4) is 16.8 Å². The lowest BCUT2D eigenvalue weighted by molar-refractivity contribution is -0.120. The molecule has 0 aliphatic rings. The Hall–Kier alpha value is -5.95. The molecule has 0 saturated carbocycles. The van der Waals surface area contributed by atoms with Crippen LogP contribution in [0.15, 0.2) is 97.5 Å². The number of halogens is 1. The topological polar surface area (TPSA) is 180 Å². The highest BCUT2D eigenvalue weighted by Gasteiger charge is 2.18. The van der Waals surface area contributed by atoms with Gasteiger partial charge in [-0.1, -0.05) is 54.1 Å². The van der Waals surface area contributed by atoms with Gasteiger partial charge < -0.3 is 15.8 Å². The number of carbonyl (C=O) groups is 3. The van der Waals surface area contributed by atoms with Crippen molar-refractivity contribution in [3.05, 3.63) is 119 Å². The highest BCUT2D eigenvalue weighted by atomic mass is 35.5. The van der Waals surface area contributed by atoms with Gasteiger partial charge in [-0.05, 0) is 70.4 Å². The number of aromatic nitrogens is 6. The summed E-state index contributed by atoms with van der Waals surface area (Å²) in [6, 6.07) is 23.1. The van der Waals surface area contributed by atoms with Gasteiger partial charge in [0.25, 0.3) is 5.91 Å². The van der Waals surface area contributed by atoms with E-state index in [0.717, 1.165) is 16.7 Å². The number of tetrazole rings is 1. The van der Waals surface area contributed by atoms with Crippen molar-refractivity contribution in [2.45, 2.75) is 12.5 Å².